The Morgan fingerprint density at radius 1 is 1.36 bits per heavy atom. The van der Waals surface area contributed by atoms with Gasteiger partial charge in [-0.15, -0.1) is 0 Å². The number of carbonyl (C=O) groups is 3. The SMILES string of the molecule is CCn1nc(C)c(CN(CCOC)C(=O)CN2C(=O)CNC2=O)c1C. The molecule has 0 aliphatic carbocycles. The van der Waals surface area contributed by atoms with Gasteiger partial charge in [0.25, 0.3) is 5.91 Å². The van der Waals surface area contributed by atoms with E-state index in [2.05, 4.69) is 10.4 Å². The molecule has 2 heterocycles. The molecule has 1 saturated heterocycles. The average Bonchev–Trinajstić information content (AvgIpc) is 3.04. The van der Waals surface area contributed by atoms with Crippen LogP contribution in [0, 0.1) is 13.8 Å². The number of rotatable bonds is 8. The van der Waals surface area contributed by atoms with E-state index in [1.807, 2.05) is 25.5 Å². The van der Waals surface area contributed by atoms with Gasteiger partial charge in [0.2, 0.25) is 5.91 Å². The van der Waals surface area contributed by atoms with Crippen molar-refractivity contribution in [3.8, 4) is 0 Å². The van der Waals surface area contributed by atoms with Gasteiger partial charge in [0, 0.05) is 38.0 Å². The first-order valence-corrected chi connectivity index (χ1v) is 8.26. The molecule has 1 aliphatic heterocycles. The number of hydrogen-bond acceptors (Lipinski definition) is 5. The first kappa shape index (κ1) is 18.9. The molecular weight excluding hydrogens is 326 g/mol. The Kier molecular flexibility index (Phi) is 6.13. The topological polar surface area (TPSA) is 96.8 Å². The summed E-state index contributed by atoms with van der Waals surface area (Å²) in [7, 11) is 1.56. The first-order valence-electron chi connectivity index (χ1n) is 8.26. The van der Waals surface area contributed by atoms with Crippen molar-refractivity contribution >= 4 is 17.8 Å². The quantitative estimate of drug-likeness (QED) is 0.668. The fourth-order valence-corrected chi connectivity index (χ4v) is 2.81. The minimum Gasteiger partial charge on any atom is -0.383 e. The summed E-state index contributed by atoms with van der Waals surface area (Å²) in [6.07, 6.45) is 0. The van der Waals surface area contributed by atoms with Crippen molar-refractivity contribution in [3.63, 3.8) is 0 Å². The molecule has 4 amide bonds. The van der Waals surface area contributed by atoms with Crippen molar-refractivity contribution in [3.05, 3.63) is 17.0 Å². The Labute approximate surface area is 146 Å². The fourth-order valence-electron chi connectivity index (χ4n) is 2.81. The second-order valence-corrected chi connectivity index (χ2v) is 5.91. The third-order valence-electron chi connectivity index (χ3n) is 4.33. The average molecular weight is 351 g/mol. The van der Waals surface area contributed by atoms with E-state index in [1.54, 1.807) is 12.0 Å². The van der Waals surface area contributed by atoms with Crippen molar-refractivity contribution in [2.75, 3.05) is 33.4 Å². The van der Waals surface area contributed by atoms with E-state index >= 15 is 0 Å². The highest BCUT2D eigenvalue weighted by Gasteiger charge is 2.32. The molecule has 0 spiro atoms. The van der Waals surface area contributed by atoms with Crippen LogP contribution in [0.25, 0.3) is 0 Å². The number of ether oxygens (including phenoxy) is 1. The lowest BCUT2D eigenvalue weighted by Gasteiger charge is -2.24. The van der Waals surface area contributed by atoms with Gasteiger partial charge in [0.05, 0.1) is 18.8 Å². The zero-order chi connectivity index (χ0) is 18.6. The molecular formula is C16H25N5O4. The number of amides is 4. The van der Waals surface area contributed by atoms with Gasteiger partial charge < -0.3 is 15.0 Å². The number of aromatic nitrogens is 2. The number of imide groups is 1. The van der Waals surface area contributed by atoms with E-state index in [1.165, 1.54) is 0 Å². The Morgan fingerprint density at radius 3 is 2.60 bits per heavy atom. The van der Waals surface area contributed by atoms with Gasteiger partial charge in [-0.25, -0.2) is 4.79 Å². The number of carbonyl (C=O) groups excluding carboxylic acids is 3. The van der Waals surface area contributed by atoms with Crippen LogP contribution in [0.4, 0.5) is 4.79 Å². The summed E-state index contributed by atoms with van der Waals surface area (Å²) < 4.78 is 6.97. The van der Waals surface area contributed by atoms with E-state index < -0.39 is 11.9 Å². The van der Waals surface area contributed by atoms with Gasteiger partial charge in [-0.05, 0) is 20.8 Å². The fraction of sp³-hybridized carbons (Fsp3) is 0.625. The molecule has 1 aromatic rings. The van der Waals surface area contributed by atoms with E-state index in [4.69, 9.17) is 4.74 Å². The van der Waals surface area contributed by atoms with Crippen LogP contribution in [0.15, 0.2) is 0 Å². The van der Waals surface area contributed by atoms with Crippen LogP contribution in [0.1, 0.15) is 23.9 Å². The normalized spacial score (nSPS) is 14.2. The molecule has 0 radical (unpaired) electrons. The maximum atomic E-state index is 12.7. The smallest absolute Gasteiger partial charge is 0.325 e. The Bertz CT molecular complexity index is 654. The van der Waals surface area contributed by atoms with E-state index in [-0.39, 0.29) is 19.0 Å². The van der Waals surface area contributed by atoms with Gasteiger partial charge in [-0.1, -0.05) is 0 Å². The van der Waals surface area contributed by atoms with Crippen molar-refractivity contribution < 1.29 is 19.1 Å². The largest absolute Gasteiger partial charge is 0.383 e. The van der Waals surface area contributed by atoms with Crippen LogP contribution in [0.2, 0.25) is 0 Å². The van der Waals surface area contributed by atoms with Crippen molar-refractivity contribution in [2.45, 2.75) is 33.9 Å². The van der Waals surface area contributed by atoms with E-state index in [9.17, 15) is 14.4 Å². The molecule has 0 bridgehead atoms. The molecule has 1 N–H and O–H groups in total. The number of aryl methyl sites for hydroxylation is 2. The van der Waals surface area contributed by atoms with Crippen molar-refractivity contribution in [1.82, 2.24) is 24.9 Å². The van der Waals surface area contributed by atoms with Crippen LogP contribution in [0.5, 0.6) is 0 Å². The lowest BCUT2D eigenvalue weighted by Crippen LogP contribution is -2.44. The monoisotopic (exact) mass is 351 g/mol. The molecule has 0 unspecified atom stereocenters. The van der Waals surface area contributed by atoms with Gasteiger partial charge >= 0.3 is 6.03 Å². The molecule has 1 fully saturated rings. The number of hydrogen-bond donors (Lipinski definition) is 1. The molecule has 0 saturated carbocycles. The van der Waals surface area contributed by atoms with Crippen LogP contribution < -0.4 is 5.32 Å². The number of urea groups is 1. The van der Waals surface area contributed by atoms with Gasteiger partial charge in [0.15, 0.2) is 0 Å². The van der Waals surface area contributed by atoms with E-state index in [0.717, 1.165) is 28.4 Å². The molecule has 2 rings (SSSR count). The number of nitrogens with one attached hydrogen (secondary N) is 1. The molecule has 0 aromatic carbocycles. The highest BCUT2D eigenvalue weighted by Crippen LogP contribution is 2.16. The van der Waals surface area contributed by atoms with Gasteiger partial charge in [0.1, 0.15) is 6.54 Å². The lowest BCUT2D eigenvalue weighted by atomic mass is 10.2. The molecule has 9 nitrogen and oxygen atoms in total. The van der Waals surface area contributed by atoms with E-state index in [0.29, 0.717) is 19.7 Å². The summed E-state index contributed by atoms with van der Waals surface area (Å²) >= 11 is 0. The highest BCUT2D eigenvalue weighted by atomic mass is 16.5. The Morgan fingerprint density at radius 2 is 2.08 bits per heavy atom. The van der Waals surface area contributed by atoms with Crippen molar-refractivity contribution in [1.29, 1.82) is 0 Å². The maximum Gasteiger partial charge on any atom is 0.325 e. The standard InChI is InChI=1S/C16H25N5O4/c1-5-21-12(3)13(11(2)18-21)9-19(6-7-25-4)15(23)10-20-14(22)8-17-16(20)24/h5-10H2,1-4H3,(H,17,24). The first-order chi connectivity index (χ1) is 11.9. The summed E-state index contributed by atoms with van der Waals surface area (Å²) in [6, 6.07) is -0.531. The Balaban J connectivity index is 2.15. The Hall–Kier alpha value is -2.42. The van der Waals surface area contributed by atoms with Crippen molar-refractivity contribution in [2.24, 2.45) is 0 Å². The second-order valence-electron chi connectivity index (χ2n) is 5.91. The molecule has 1 aliphatic rings. The molecule has 9 heteroatoms. The van der Waals surface area contributed by atoms with Crippen LogP contribution in [-0.4, -0.2) is 70.8 Å². The predicted octanol–water partition coefficient (Wildman–Crippen LogP) is 0.0466. The minimum atomic E-state index is -0.531. The molecule has 138 valence electrons. The lowest BCUT2D eigenvalue weighted by molar-refractivity contribution is -0.137. The zero-order valence-corrected chi connectivity index (χ0v) is 15.2. The second kappa shape index (κ2) is 8.11. The van der Waals surface area contributed by atoms with Crippen LogP contribution >= 0.6 is 0 Å². The number of methoxy groups -OCH3 is 1. The van der Waals surface area contributed by atoms with Gasteiger partial charge in [-0.3, -0.25) is 19.2 Å². The molecule has 0 atom stereocenters. The zero-order valence-electron chi connectivity index (χ0n) is 15.2. The predicted molar refractivity (Wildman–Crippen MR) is 89.8 cm³/mol. The maximum absolute atomic E-state index is 12.7. The summed E-state index contributed by atoms with van der Waals surface area (Å²) in [5.74, 6) is -0.693. The third-order valence-corrected chi connectivity index (χ3v) is 4.33. The van der Waals surface area contributed by atoms with Crippen LogP contribution in [0.3, 0.4) is 0 Å². The van der Waals surface area contributed by atoms with Crippen LogP contribution in [-0.2, 0) is 27.4 Å². The molecule has 25 heavy (non-hydrogen) atoms. The third kappa shape index (κ3) is 4.16. The summed E-state index contributed by atoms with van der Waals surface area (Å²) in [5.41, 5.74) is 2.85. The summed E-state index contributed by atoms with van der Waals surface area (Å²) in [5, 5.41) is 6.88. The number of nitrogens with zero attached hydrogens (tertiary/aromatic N) is 4. The highest BCUT2D eigenvalue weighted by molar-refractivity contribution is 6.04. The van der Waals surface area contributed by atoms with Gasteiger partial charge in [-0.2, -0.15) is 5.10 Å². The summed E-state index contributed by atoms with van der Waals surface area (Å²) in [6.45, 7) is 7.40. The molecule has 1 aromatic heterocycles. The summed E-state index contributed by atoms with van der Waals surface area (Å²) in [4.78, 5) is 38.6. The minimum absolute atomic E-state index is 0.0638.